The molecule has 0 N–H and O–H groups in total. The maximum absolute atomic E-state index is 4.44. The molecule has 3 heteroatoms. The van der Waals surface area contributed by atoms with E-state index in [0.717, 1.165) is 17.1 Å². The highest BCUT2D eigenvalue weighted by atomic mass is 127. The van der Waals surface area contributed by atoms with Crippen LogP contribution < -0.4 is 0 Å². The number of aryl methyl sites for hydroxylation is 1. The lowest BCUT2D eigenvalue weighted by Crippen LogP contribution is -1.94. The van der Waals surface area contributed by atoms with Crippen molar-refractivity contribution in [3.63, 3.8) is 0 Å². The van der Waals surface area contributed by atoms with Crippen LogP contribution in [-0.2, 0) is 0 Å². The van der Waals surface area contributed by atoms with E-state index in [9.17, 15) is 0 Å². The number of halogens is 1. The Kier molecular flexibility index (Phi) is 5.53. The first-order valence-corrected chi connectivity index (χ1v) is 7.11. The molecule has 1 rings (SSSR count). The van der Waals surface area contributed by atoms with Crippen LogP contribution in [0.3, 0.4) is 0 Å². The first kappa shape index (κ1) is 12.9. The van der Waals surface area contributed by atoms with Crippen LogP contribution in [0.25, 0.3) is 6.08 Å². The molecule has 0 spiro atoms. The number of hydrogen-bond donors (Lipinski definition) is 0. The van der Waals surface area contributed by atoms with E-state index >= 15 is 0 Å². The zero-order valence-electron chi connectivity index (χ0n) is 9.33. The van der Waals surface area contributed by atoms with Crippen LogP contribution in [0.1, 0.15) is 31.0 Å². The summed E-state index contributed by atoms with van der Waals surface area (Å²) < 4.78 is 2.08. The monoisotopic (exact) mass is 333 g/mol. The number of aromatic nitrogens is 1. The molecule has 1 nitrogen and oxygen atoms in total. The van der Waals surface area contributed by atoms with Crippen molar-refractivity contribution in [2.75, 3.05) is 0 Å². The molecule has 0 saturated heterocycles. The lowest BCUT2D eigenvalue weighted by molar-refractivity contribution is 0.700. The lowest BCUT2D eigenvalue weighted by atomic mass is 9.98. The maximum Gasteiger partial charge on any atom is 0.0901 e. The average Bonchev–Trinajstić information content (AvgIpc) is 2.60. The molecule has 0 bridgehead atoms. The largest absolute Gasteiger partial charge is 0.242 e. The van der Waals surface area contributed by atoms with Crippen molar-refractivity contribution in [2.24, 2.45) is 5.92 Å². The van der Waals surface area contributed by atoms with Gasteiger partial charge < -0.3 is 0 Å². The Morgan fingerprint density at radius 2 is 2.40 bits per heavy atom. The molecule has 15 heavy (non-hydrogen) atoms. The molecule has 0 amide bonds. The van der Waals surface area contributed by atoms with E-state index in [1.54, 1.807) is 11.3 Å². The number of hydrogen-bond acceptors (Lipinski definition) is 2. The number of thiazole rings is 1. The highest BCUT2D eigenvalue weighted by Crippen LogP contribution is 2.19. The molecule has 0 aromatic carbocycles. The van der Waals surface area contributed by atoms with Gasteiger partial charge in [0.1, 0.15) is 0 Å². The molecule has 1 aromatic rings. The van der Waals surface area contributed by atoms with Crippen LogP contribution in [0.4, 0.5) is 0 Å². The van der Waals surface area contributed by atoms with Gasteiger partial charge in [0.15, 0.2) is 0 Å². The van der Waals surface area contributed by atoms with Crippen molar-refractivity contribution < 1.29 is 0 Å². The first-order valence-electron chi connectivity index (χ1n) is 4.99. The van der Waals surface area contributed by atoms with Crippen LogP contribution in [0.15, 0.2) is 21.1 Å². The predicted octanol–water partition coefficient (Wildman–Crippen LogP) is 4.83. The van der Waals surface area contributed by atoms with Gasteiger partial charge in [0.05, 0.1) is 10.7 Å². The average molecular weight is 333 g/mol. The molecule has 0 aliphatic rings. The standard InChI is InChI=1S/C12H16INS/c1-9(5-4-6-13)10(2)7-12-8-15-11(3)14-12/h4,6-9H,5H2,1-3H3/b6-4-,10-7+/t9-/m0/s1. The first-order chi connectivity index (χ1) is 7.13. The van der Waals surface area contributed by atoms with E-state index in [-0.39, 0.29) is 0 Å². The van der Waals surface area contributed by atoms with Crippen LogP contribution in [0.5, 0.6) is 0 Å². The molecule has 0 radical (unpaired) electrons. The van der Waals surface area contributed by atoms with Gasteiger partial charge in [0, 0.05) is 5.38 Å². The molecular weight excluding hydrogens is 317 g/mol. The lowest BCUT2D eigenvalue weighted by Gasteiger charge is -2.08. The number of rotatable bonds is 4. The minimum absolute atomic E-state index is 0.595. The van der Waals surface area contributed by atoms with E-state index in [1.165, 1.54) is 5.57 Å². The van der Waals surface area contributed by atoms with Crippen LogP contribution in [-0.4, -0.2) is 4.98 Å². The van der Waals surface area contributed by atoms with Crippen molar-refractivity contribution in [2.45, 2.75) is 27.2 Å². The third kappa shape index (κ3) is 4.47. The van der Waals surface area contributed by atoms with E-state index in [1.807, 2.05) is 6.92 Å². The number of allylic oxidation sites excluding steroid dienone is 2. The molecule has 1 atom stereocenters. The Hall–Kier alpha value is -0.160. The zero-order chi connectivity index (χ0) is 11.3. The van der Waals surface area contributed by atoms with E-state index < -0.39 is 0 Å². The predicted molar refractivity (Wildman–Crippen MR) is 77.4 cm³/mol. The summed E-state index contributed by atoms with van der Waals surface area (Å²) in [5, 5.41) is 3.24. The smallest absolute Gasteiger partial charge is 0.0901 e. The highest BCUT2D eigenvalue weighted by molar-refractivity contribution is 14.1. The van der Waals surface area contributed by atoms with E-state index in [4.69, 9.17) is 0 Å². The Morgan fingerprint density at radius 1 is 1.67 bits per heavy atom. The minimum atomic E-state index is 0.595. The summed E-state index contributed by atoms with van der Waals surface area (Å²) >= 11 is 3.97. The van der Waals surface area contributed by atoms with E-state index in [0.29, 0.717) is 5.92 Å². The molecule has 1 aromatic heterocycles. The summed E-state index contributed by atoms with van der Waals surface area (Å²) in [5.74, 6) is 0.595. The molecular formula is C12H16INS. The fourth-order valence-corrected chi connectivity index (χ4v) is 2.13. The Balaban J connectivity index is 2.66. The third-order valence-electron chi connectivity index (χ3n) is 2.37. The summed E-state index contributed by atoms with van der Waals surface area (Å²) in [5.41, 5.74) is 2.50. The topological polar surface area (TPSA) is 12.9 Å². The van der Waals surface area contributed by atoms with Crippen LogP contribution in [0.2, 0.25) is 0 Å². The van der Waals surface area contributed by atoms with Gasteiger partial charge in [0.2, 0.25) is 0 Å². The third-order valence-corrected chi connectivity index (χ3v) is 3.67. The molecule has 0 fully saturated rings. The Labute approximate surface area is 109 Å². The second-order valence-electron chi connectivity index (χ2n) is 3.68. The minimum Gasteiger partial charge on any atom is -0.242 e. The summed E-state index contributed by atoms with van der Waals surface area (Å²) in [6, 6.07) is 0. The van der Waals surface area contributed by atoms with Crippen molar-refractivity contribution in [1.29, 1.82) is 0 Å². The molecule has 0 aliphatic heterocycles. The normalized spacial score (nSPS) is 14.8. The summed E-state index contributed by atoms with van der Waals surface area (Å²) in [6.07, 6.45) is 5.50. The van der Waals surface area contributed by atoms with Crippen molar-refractivity contribution in [3.8, 4) is 0 Å². The fourth-order valence-electron chi connectivity index (χ4n) is 1.26. The van der Waals surface area contributed by atoms with Crippen molar-refractivity contribution in [3.05, 3.63) is 31.8 Å². The highest BCUT2D eigenvalue weighted by Gasteiger charge is 2.03. The molecule has 0 saturated carbocycles. The molecule has 1 heterocycles. The summed E-state index contributed by atoms with van der Waals surface area (Å²) in [4.78, 5) is 4.44. The second-order valence-corrected chi connectivity index (χ2v) is 5.46. The fraction of sp³-hybridized carbons (Fsp3) is 0.417. The Bertz CT molecular complexity index is 365. The van der Waals surface area contributed by atoms with Gasteiger partial charge in [-0.05, 0) is 36.3 Å². The molecule has 0 unspecified atom stereocenters. The number of nitrogens with zero attached hydrogens (tertiary/aromatic N) is 1. The SMILES string of the molecule is C/C(=C\c1csc(C)n1)[C@@H](C)C/C=C\I. The maximum atomic E-state index is 4.44. The van der Waals surface area contributed by atoms with Gasteiger partial charge in [-0.1, -0.05) is 41.2 Å². The van der Waals surface area contributed by atoms with Gasteiger partial charge in [-0.3, -0.25) is 0 Å². The van der Waals surface area contributed by atoms with E-state index in [2.05, 4.69) is 63.0 Å². The van der Waals surface area contributed by atoms with Gasteiger partial charge in [-0.2, -0.15) is 0 Å². The van der Waals surface area contributed by atoms with Crippen LogP contribution >= 0.6 is 33.9 Å². The van der Waals surface area contributed by atoms with Gasteiger partial charge in [-0.15, -0.1) is 11.3 Å². The van der Waals surface area contributed by atoms with Gasteiger partial charge in [0.25, 0.3) is 0 Å². The van der Waals surface area contributed by atoms with Gasteiger partial charge >= 0.3 is 0 Å². The molecule has 82 valence electrons. The zero-order valence-corrected chi connectivity index (χ0v) is 12.3. The van der Waals surface area contributed by atoms with Gasteiger partial charge in [-0.25, -0.2) is 4.98 Å². The van der Waals surface area contributed by atoms with Crippen molar-refractivity contribution in [1.82, 2.24) is 4.98 Å². The molecule has 0 aliphatic carbocycles. The summed E-state index contributed by atoms with van der Waals surface area (Å²) in [7, 11) is 0. The van der Waals surface area contributed by atoms with Crippen molar-refractivity contribution >= 4 is 40.0 Å². The Morgan fingerprint density at radius 3 is 2.93 bits per heavy atom. The quantitative estimate of drug-likeness (QED) is 0.719. The van der Waals surface area contributed by atoms with Crippen LogP contribution in [0, 0.1) is 12.8 Å². The second kappa shape index (κ2) is 6.43. The summed E-state index contributed by atoms with van der Waals surface area (Å²) in [6.45, 7) is 6.47.